The van der Waals surface area contributed by atoms with E-state index < -0.39 is 0 Å². The normalized spacial score (nSPS) is 54.6. The summed E-state index contributed by atoms with van der Waals surface area (Å²) in [7, 11) is 0. The van der Waals surface area contributed by atoms with Gasteiger partial charge in [0, 0.05) is 24.7 Å². The van der Waals surface area contributed by atoms with Crippen LogP contribution in [-0.4, -0.2) is 22.8 Å². The van der Waals surface area contributed by atoms with E-state index in [0.29, 0.717) is 60.9 Å². The molecule has 0 aliphatic heterocycles. The molecule has 0 bridgehead atoms. The highest BCUT2D eigenvalue weighted by Crippen LogP contribution is 2.65. The number of Topliss-reactive ketones (excluding diaryl/α,β-unsaturated/α-hetero) is 2. The van der Waals surface area contributed by atoms with Gasteiger partial charge in [-0.05, 0) is 61.2 Å². The summed E-state index contributed by atoms with van der Waals surface area (Å²) in [4.78, 5) is 24.3. The number of rotatable bonds is 0. The van der Waals surface area contributed by atoms with Gasteiger partial charge in [-0.15, -0.1) is 0 Å². The number of ketones is 2. The molecule has 7 atom stereocenters. The fraction of sp³-hybridized carbons (Fsp3) is 0.895. The van der Waals surface area contributed by atoms with Crippen molar-refractivity contribution in [1.82, 2.24) is 0 Å². The molecule has 0 heterocycles. The van der Waals surface area contributed by atoms with E-state index in [1.54, 1.807) is 0 Å². The molecule has 4 aliphatic carbocycles. The van der Waals surface area contributed by atoms with Crippen molar-refractivity contribution in [1.29, 1.82) is 0 Å². The Kier molecular flexibility index (Phi) is 3.15. The van der Waals surface area contributed by atoms with Crippen LogP contribution in [0.3, 0.4) is 0 Å². The first-order chi connectivity index (χ1) is 10.4. The summed E-state index contributed by atoms with van der Waals surface area (Å²) in [6.45, 7) is 4.43. The summed E-state index contributed by atoms with van der Waals surface area (Å²) in [5.74, 6) is 2.47. The van der Waals surface area contributed by atoms with Crippen LogP contribution in [0.2, 0.25) is 0 Å². The van der Waals surface area contributed by atoms with E-state index in [1.165, 1.54) is 0 Å². The van der Waals surface area contributed by atoms with Gasteiger partial charge in [0.15, 0.2) is 0 Å². The molecule has 0 aromatic rings. The smallest absolute Gasteiger partial charge is 0.139 e. The highest BCUT2D eigenvalue weighted by atomic mass is 16.3. The van der Waals surface area contributed by atoms with Gasteiger partial charge in [-0.25, -0.2) is 0 Å². The second-order valence-electron chi connectivity index (χ2n) is 8.97. The van der Waals surface area contributed by atoms with Crippen LogP contribution in [0.15, 0.2) is 0 Å². The minimum Gasteiger partial charge on any atom is -0.393 e. The zero-order valence-corrected chi connectivity index (χ0v) is 13.8. The van der Waals surface area contributed by atoms with Gasteiger partial charge in [0.1, 0.15) is 11.6 Å². The molecule has 122 valence electrons. The molecule has 0 aromatic carbocycles. The van der Waals surface area contributed by atoms with Gasteiger partial charge >= 0.3 is 0 Å². The number of fused-ring (bicyclic) bond motifs is 5. The molecular weight excluding hydrogens is 276 g/mol. The summed E-state index contributed by atoms with van der Waals surface area (Å²) >= 11 is 0. The van der Waals surface area contributed by atoms with E-state index in [4.69, 9.17) is 0 Å². The molecule has 0 unspecified atom stereocenters. The third kappa shape index (κ3) is 1.78. The first-order valence-corrected chi connectivity index (χ1v) is 9.09. The Labute approximate surface area is 132 Å². The van der Waals surface area contributed by atoms with Crippen molar-refractivity contribution in [3.8, 4) is 0 Å². The van der Waals surface area contributed by atoms with Gasteiger partial charge in [0.05, 0.1) is 6.10 Å². The Hall–Kier alpha value is -0.700. The Morgan fingerprint density at radius 3 is 2.64 bits per heavy atom. The molecule has 4 fully saturated rings. The highest BCUT2D eigenvalue weighted by molar-refractivity contribution is 5.87. The van der Waals surface area contributed by atoms with Crippen molar-refractivity contribution in [3.63, 3.8) is 0 Å². The van der Waals surface area contributed by atoms with Crippen molar-refractivity contribution in [2.75, 3.05) is 0 Å². The largest absolute Gasteiger partial charge is 0.393 e. The van der Waals surface area contributed by atoms with E-state index in [2.05, 4.69) is 13.8 Å². The van der Waals surface area contributed by atoms with Crippen LogP contribution in [0, 0.1) is 34.5 Å². The molecule has 3 heteroatoms. The Morgan fingerprint density at radius 2 is 1.86 bits per heavy atom. The van der Waals surface area contributed by atoms with Crippen molar-refractivity contribution >= 4 is 11.6 Å². The maximum Gasteiger partial charge on any atom is 0.139 e. The van der Waals surface area contributed by atoms with Crippen LogP contribution in [-0.2, 0) is 9.59 Å². The van der Waals surface area contributed by atoms with Crippen LogP contribution in [0.1, 0.15) is 65.2 Å². The van der Waals surface area contributed by atoms with E-state index in [9.17, 15) is 14.7 Å². The third-order valence-corrected chi connectivity index (χ3v) is 8.12. The van der Waals surface area contributed by atoms with Crippen molar-refractivity contribution in [3.05, 3.63) is 0 Å². The van der Waals surface area contributed by atoms with E-state index in [1.807, 2.05) is 0 Å². The molecule has 0 amide bonds. The fourth-order valence-corrected chi connectivity index (χ4v) is 6.94. The van der Waals surface area contributed by atoms with Crippen LogP contribution in [0.25, 0.3) is 0 Å². The molecule has 22 heavy (non-hydrogen) atoms. The molecule has 1 N–H and O–H groups in total. The van der Waals surface area contributed by atoms with Gasteiger partial charge in [-0.3, -0.25) is 9.59 Å². The summed E-state index contributed by atoms with van der Waals surface area (Å²) < 4.78 is 0. The summed E-state index contributed by atoms with van der Waals surface area (Å²) in [5, 5.41) is 11.0. The van der Waals surface area contributed by atoms with Gasteiger partial charge in [-0.1, -0.05) is 13.8 Å². The number of hydrogen-bond acceptors (Lipinski definition) is 3. The maximum absolute atomic E-state index is 12.4. The number of carbonyl (C=O) groups is 2. The Bertz CT molecular complexity index is 527. The van der Waals surface area contributed by atoms with Crippen molar-refractivity contribution in [2.45, 2.75) is 71.3 Å². The second kappa shape index (κ2) is 4.66. The molecule has 4 aliphatic rings. The first-order valence-electron chi connectivity index (χ1n) is 9.09. The number of carbonyl (C=O) groups excluding carboxylic acids is 2. The maximum atomic E-state index is 12.4. The average molecular weight is 304 g/mol. The first kappa shape index (κ1) is 14.9. The van der Waals surface area contributed by atoms with Crippen LogP contribution in [0.5, 0.6) is 0 Å². The monoisotopic (exact) mass is 304 g/mol. The summed E-state index contributed by atoms with van der Waals surface area (Å²) in [6.07, 6.45) is 6.55. The van der Waals surface area contributed by atoms with Crippen molar-refractivity contribution in [2.24, 2.45) is 34.5 Å². The molecule has 0 saturated heterocycles. The average Bonchev–Trinajstić information content (AvgIpc) is 2.75. The van der Waals surface area contributed by atoms with Crippen LogP contribution in [0.4, 0.5) is 0 Å². The summed E-state index contributed by atoms with van der Waals surface area (Å²) in [6, 6.07) is 0. The molecule has 0 radical (unpaired) electrons. The lowest BCUT2D eigenvalue weighted by Crippen LogP contribution is -2.58. The third-order valence-electron chi connectivity index (χ3n) is 8.12. The quantitative estimate of drug-likeness (QED) is 0.748. The van der Waals surface area contributed by atoms with Crippen LogP contribution >= 0.6 is 0 Å². The number of hydrogen-bond donors (Lipinski definition) is 1. The zero-order valence-electron chi connectivity index (χ0n) is 13.8. The van der Waals surface area contributed by atoms with Crippen LogP contribution < -0.4 is 0 Å². The molecule has 4 saturated carbocycles. The zero-order chi connectivity index (χ0) is 15.7. The minimum atomic E-state index is -0.366. The Morgan fingerprint density at radius 1 is 1.09 bits per heavy atom. The lowest BCUT2D eigenvalue weighted by atomic mass is 9.44. The molecule has 3 nitrogen and oxygen atoms in total. The van der Waals surface area contributed by atoms with Gasteiger partial charge in [0.2, 0.25) is 0 Å². The molecule has 0 aromatic heterocycles. The Balaban J connectivity index is 1.70. The summed E-state index contributed by atoms with van der Waals surface area (Å²) in [5.41, 5.74) is -0.183. The lowest BCUT2D eigenvalue weighted by molar-refractivity contribution is -0.171. The molecule has 0 spiro atoms. The predicted molar refractivity (Wildman–Crippen MR) is 83.1 cm³/mol. The molecular formula is C19H28O3. The van der Waals surface area contributed by atoms with E-state index in [-0.39, 0.29) is 16.9 Å². The second-order valence-corrected chi connectivity index (χ2v) is 8.97. The SMILES string of the molecule is C[C@]12CCC(=O)C[C@@H]1CC[C@@H]1[C@@H]2[C@@H](O)C[C@]2(C)C(=O)CC[C@@H]12. The highest BCUT2D eigenvalue weighted by Gasteiger charge is 2.63. The van der Waals surface area contributed by atoms with E-state index >= 15 is 0 Å². The van der Waals surface area contributed by atoms with Gasteiger partial charge in [0.25, 0.3) is 0 Å². The fourth-order valence-electron chi connectivity index (χ4n) is 6.94. The number of aliphatic hydroxyl groups excluding tert-OH is 1. The van der Waals surface area contributed by atoms with E-state index in [0.717, 1.165) is 25.7 Å². The topological polar surface area (TPSA) is 54.4 Å². The van der Waals surface area contributed by atoms with Gasteiger partial charge < -0.3 is 5.11 Å². The lowest BCUT2D eigenvalue weighted by Gasteiger charge is -2.60. The van der Waals surface area contributed by atoms with Gasteiger partial charge in [-0.2, -0.15) is 0 Å². The van der Waals surface area contributed by atoms with Crippen molar-refractivity contribution < 1.29 is 14.7 Å². The molecule has 4 rings (SSSR count). The number of aliphatic hydroxyl groups is 1. The predicted octanol–water partition coefficient (Wildman–Crippen LogP) is 3.14. The minimum absolute atomic E-state index is 0.100. The standard InChI is InChI=1S/C19H28O3/c1-18-8-7-12(20)9-11(18)3-4-13-14-5-6-16(22)19(14,2)10-15(21)17(13)18/h11,13-15,17,21H,3-10H2,1-2H3/t11-,13-,14-,15-,17+,18-,19-/m0/s1.